The molecule has 7 heteroatoms. The first-order valence-corrected chi connectivity index (χ1v) is 8.92. The number of rotatable bonds is 3. The molecule has 0 saturated carbocycles. The molecule has 3 aromatic rings. The molecule has 0 bridgehead atoms. The summed E-state index contributed by atoms with van der Waals surface area (Å²) in [5.41, 5.74) is 1.56. The quantitative estimate of drug-likeness (QED) is 0.772. The van der Waals surface area contributed by atoms with E-state index in [1.54, 1.807) is 35.6 Å². The number of H-pyrrole nitrogens is 1. The maximum absolute atomic E-state index is 12.7. The third kappa shape index (κ3) is 3.76. The molecule has 1 amide bonds. The van der Waals surface area contributed by atoms with E-state index in [9.17, 15) is 9.59 Å². The van der Waals surface area contributed by atoms with Gasteiger partial charge in [0.2, 0.25) is 0 Å². The van der Waals surface area contributed by atoms with Gasteiger partial charge in [-0.05, 0) is 37.1 Å². The fourth-order valence-corrected chi connectivity index (χ4v) is 3.37. The molecule has 3 aromatic heterocycles. The van der Waals surface area contributed by atoms with Crippen molar-refractivity contribution in [1.29, 1.82) is 0 Å². The number of hydrogen-bond donors (Lipinski definition) is 1. The van der Waals surface area contributed by atoms with E-state index in [0.717, 1.165) is 12.8 Å². The van der Waals surface area contributed by atoms with Crippen molar-refractivity contribution in [2.24, 2.45) is 0 Å². The number of nitrogens with one attached hydrogen (secondary N) is 1. The van der Waals surface area contributed by atoms with Crippen LogP contribution in [0.2, 0.25) is 0 Å². The van der Waals surface area contributed by atoms with Crippen LogP contribution in [0.4, 0.5) is 0 Å². The zero-order valence-corrected chi connectivity index (χ0v) is 14.7. The first kappa shape index (κ1) is 17.1. The number of amides is 1. The van der Waals surface area contributed by atoms with Crippen molar-refractivity contribution in [2.45, 2.75) is 18.8 Å². The monoisotopic (exact) mass is 361 g/mol. The zero-order valence-electron chi connectivity index (χ0n) is 14.7. The van der Waals surface area contributed by atoms with Crippen molar-refractivity contribution < 1.29 is 4.79 Å². The van der Waals surface area contributed by atoms with Gasteiger partial charge in [0, 0.05) is 43.7 Å². The van der Waals surface area contributed by atoms with Crippen molar-refractivity contribution >= 4 is 5.91 Å². The van der Waals surface area contributed by atoms with Crippen molar-refractivity contribution in [2.75, 3.05) is 13.1 Å². The van der Waals surface area contributed by atoms with Crippen LogP contribution < -0.4 is 5.56 Å². The molecule has 0 spiro atoms. The van der Waals surface area contributed by atoms with Crippen LogP contribution in [0.25, 0.3) is 11.4 Å². The molecule has 7 nitrogen and oxygen atoms in total. The molecule has 1 N–H and O–H groups in total. The predicted molar refractivity (Wildman–Crippen MR) is 100 cm³/mol. The Labute approximate surface area is 156 Å². The van der Waals surface area contributed by atoms with E-state index in [1.807, 2.05) is 18.2 Å². The second kappa shape index (κ2) is 7.49. The highest BCUT2D eigenvalue weighted by Gasteiger charge is 2.27. The van der Waals surface area contributed by atoms with Crippen LogP contribution in [0.15, 0.2) is 59.8 Å². The average molecular weight is 361 g/mol. The minimum absolute atomic E-state index is 0.0178. The molecule has 27 heavy (non-hydrogen) atoms. The lowest BCUT2D eigenvalue weighted by atomic mass is 9.96. The molecule has 1 aliphatic heterocycles. The molecule has 4 rings (SSSR count). The number of carbonyl (C=O) groups is 1. The summed E-state index contributed by atoms with van der Waals surface area (Å²) in [5.74, 6) is 0.540. The van der Waals surface area contributed by atoms with Crippen molar-refractivity contribution in [3.05, 3.63) is 76.7 Å². The zero-order chi connectivity index (χ0) is 18.6. The topological polar surface area (TPSA) is 91.8 Å². The van der Waals surface area contributed by atoms with Crippen LogP contribution in [0.1, 0.15) is 34.9 Å². The first-order valence-electron chi connectivity index (χ1n) is 8.92. The minimum atomic E-state index is -0.212. The van der Waals surface area contributed by atoms with Gasteiger partial charge in [-0.1, -0.05) is 6.07 Å². The van der Waals surface area contributed by atoms with E-state index in [4.69, 9.17) is 0 Å². The minimum Gasteiger partial charge on any atom is -0.338 e. The normalized spacial score (nSPS) is 16.9. The van der Waals surface area contributed by atoms with Gasteiger partial charge in [-0.15, -0.1) is 0 Å². The smallest absolute Gasteiger partial charge is 0.255 e. The predicted octanol–water partition coefficient (Wildman–Crippen LogP) is 2.25. The largest absolute Gasteiger partial charge is 0.338 e. The number of piperidine rings is 1. The molecule has 4 heterocycles. The molecule has 0 aliphatic carbocycles. The molecule has 0 radical (unpaired) electrons. The van der Waals surface area contributed by atoms with Gasteiger partial charge in [0.15, 0.2) is 0 Å². The molecule has 1 saturated heterocycles. The maximum Gasteiger partial charge on any atom is 0.255 e. The number of carbonyl (C=O) groups excluding carboxylic acids is 1. The summed E-state index contributed by atoms with van der Waals surface area (Å²) in [6.07, 6.45) is 6.62. The molecule has 1 fully saturated rings. The Morgan fingerprint density at radius 1 is 1.15 bits per heavy atom. The number of nitrogens with zero attached hydrogens (tertiary/aromatic N) is 4. The Bertz CT molecular complexity index is 988. The Morgan fingerprint density at radius 3 is 2.85 bits per heavy atom. The Morgan fingerprint density at radius 2 is 2.07 bits per heavy atom. The van der Waals surface area contributed by atoms with Crippen molar-refractivity contribution in [3.63, 3.8) is 0 Å². The average Bonchev–Trinajstić information content (AvgIpc) is 2.74. The maximum atomic E-state index is 12.7. The second-order valence-electron chi connectivity index (χ2n) is 6.56. The number of aromatic amines is 1. The van der Waals surface area contributed by atoms with Crippen LogP contribution in [0.3, 0.4) is 0 Å². The molecule has 136 valence electrons. The molecule has 1 aliphatic rings. The molecule has 0 unspecified atom stereocenters. The Hall–Kier alpha value is -3.35. The summed E-state index contributed by atoms with van der Waals surface area (Å²) in [6, 6.07) is 10.5. The summed E-state index contributed by atoms with van der Waals surface area (Å²) in [4.78, 5) is 42.4. The van der Waals surface area contributed by atoms with Crippen LogP contribution in [-0.2, 0) is 0 Å². The fraction of sp³-hybridized carbons (Fsp3) is 0.250. The number of aromatic nitrogens is 4. The first-order chi connectivity index (χ1) is 13.2. The third-order valence-electron chi connectivity index (χ3n) is 4.69. The summed E-state index contributed by atoms with van der Waals surface area (Å²) in [5, 5.41) is 0. The molecular formula is C20H19N5O2. The van der Waals surface area contributed by atoms with Crippen LogP contribution in [0.5, 0.6) is 0 Å². The van der Waals surface area contributed by atoms with Crippen LogP contribution in [-0.4, -0.2) is 43.8 Å². The van der Waals surface area contributed by atoms with Gasteiger partial charge < -0.3 is 9.88 Å². The Kier molecular flexibility index (Phi) is 4.74. The summed E-state index contributed by atoms with van der Waals surface area (Å²) in [6.45, 7) is 1.21. The third-order valence-corrected chi connectivity index (χ3v) is 4.69. The van der Waals surface area contributed by atoms with Gasteiger partial charge in [0.25, 0.3) is 11.5 Å². The highest BCUT2D eigenvalue weighted by atomic mass is 16.2. The molecule has 1 atom stereocenters. The lowest BCUT2D eigenvalue weighted by molar-refractivity contribution is 0.0704. The second-order valence-corrected chi connectivity index (χ2v) is 6.56. The van der Waals surface area contributed by atoms with Gasteiger partial charge in [0.1, 0.15) is 5.82 Å². The van der Waals surface area contributed by atoms with E-state index in [2.05, 4.69) is 19.9 Å². The van der Waals surface area contributed by atoms with Gasteiger partial charge in [-0.2, -0.15) is 0 Å². The lowest BCUT2D eigenvalue weighted by Crippen LogP contribution is -2.40. The lowest BCUT2D eigenvalue weighted by Gasteiger charge is -2.32. The standard InChI is InChI=1S/C20H19N5O2/c26-18-11-17(16-7-1-2-9-22-16)23-19(24-18)15-6-4-10-25(13-15)20(27)14-5-3-8-21-12-14/h1-3,5,7-9,11-12,15H,4,6,10,13H2,(H,23,24,26)/t15-/m1/s1. The van der Waals surface area contributed by atoms with Gasteiger partial charge >= 0.3 is 0 Å². The summed E-state index contributed by atoms with van der Waals surface area (Å²) < 4.78 is 0. The molecule has 0 aromatic carbocycles. The van der Waals surface area contributed by atoms with E-state index in [-0.39, 0.29) is 17.4 Å². The highest BCUT2D eigenvalue weighted by Crippen LogP contribution is 2.26. The van der Waals surface area contributed by atoms with E-state index in [0.29, 0.717) is 35.9 Å². The summed E-state index contributed by atoms with van der Waals surface area (Å²) in [7, 11) is 0. The van der Waals surface area contributed by atoms with Crippen LogP contribution >= 0.6 is 0 Å². The van der Waals surface area contributed by atoms with Crippen molar-refractivity contribution in [1.82, 2.24) is 24.8 Å². The SMILES string of the molecule is O=C(c1cccnc1)N1CCC[C@@H](c2nc(-c3ccccn3)cc(=O)[nH]2)C1. The summed E-state index contributed by atoms with van der Waals surface area (Å²) >= 11 is 0. The van der Waals surface area contributed by atoms with E-state index >= 15 is 0 Å². The van der Waals surface area contributed by atoms with Gasteiger partial charge in [-0.25, -0.2) is 4.98 Å². The fourth-order valence-electron chi connectivity index (χ4n) is 3.37. The van der Waals surface area contributed by atoms with E-state index < -0.39 is 0 Å². The number of likely N-dealkylation sites (tertiary alicyclic amines) is 1. The van der Waals surface area contributed by atoms with Gasteiger partial charge in [0.05, 0.1) is 17.0 Å². The number of pyridine rings is 2. The van der Waals surface area contributed by atoms with E-state index in [1.165, 1.54) is 6.07 Å². The number of hydrogen-bond acceptors (Lipinski definition) is 5. The molecular weight excluding hydrogens is 342 g/mol. The highest BCUT2D eigenvalue weighted by molar-refractivity contribution is 5.94. The van der Waals surface area contributed by atoms with Crippen LogP contribution in [0, 0.1) is 0 Å². The van der Waals surface area contributed by atoms with Crippen molar-refractivity contribution in [3.8, 4) is 11.4 Å². The Balaban J connectivity index is 1.59. The van der Waals surface area contributed by atoms with Gasteiger partial charge in [-0.3, -0.25) is 19.6 Å².